The van der Waals surface area contributed by atoms with Crippen LogP contribution in [0.25, 0.3) is 0 Å². The van der Waals surface area contributed by atoms with Crippen LogP contribution in [0.2, 0.25) is 0 Å². The fourth-order valence-corrected chi connectivity index (χ4v) is 2.82. The number of amides is 2. The number of carbonyl (C=O) groups excluding carboxylic acids is 3. The van der Waals surface area contributed by atoms with Gasteiger partial charge >= 0.3 is 5.97 Å². The largest absolute Gasteiger partial charge is 0.455 e. The van der Waals surface area contributed by atoms with Crippen molar-refractivity contribution in [2.75, 3.05) is 31.8 Å². The molecule has 2 amide bonds. The highest BCUT2D eigenvalue weighted by Gasteiger charge is 2.12. The number of nitrogens with zero attached hydrogens (tertiary/aromatic N) is 1. The highest BCUT2D eigenvalue weighted by molar-refractivity contribution is 8.00. The Morgan fingerprint density at radius 1 is 1.07 bits per heavy atom. The molecule has 0 aliphatic heterocycles. The summed E-state index contributed by atoms with van der Waals surface area (Å²) in [4.78, 5) is 36.7. The van der Waals surface area contributed by atoms with Crippen LogP contribution in [-0.2, 0) is 14.3 Å². The van der Waals surface area contributed by atoms with Crippen LogP contribution in [0.15, 0.2) is 47.4 Å². The molecule has 9 heteroatoms. The quantitative estimate of drug-likeness (QED) is 0.563. The number of anilines is 1. The molecule has 28 heavy (non-hydrogen) atoms. The second-order valence-corrected chi connectivity index (χ2v) is 6.87. The van der Waals surface area contributed by atoms with E-state index in [-0.39, 0.29) is 16.6 Å². The van der Waals surface area contributed by atoms with Crippen molar-refractivity contribution in [3.05, 3.63) is 59.7 Å². The van der Waals surface area contributed by atoms with E-state index >= 15 is 0 Å². The smallest absolute Gasteiger partial charge is 0.316 e. The minimum Gasteiger partial charge on any atom is -0.455 e. The number of ether oxygens (including phenoxy) is 1. The highest BCUT2D eigenvalue weighted by Crippen LogP contribution is 2.22. The predicted octanol–water partition coefficient (Wildman–Crippen LogP) is 2.94. The molecule has 6 nitrogen and oxygen atoms in total. The third-order valence-electron chi connectivity index (χ3n) is 3.42. The minimum absolute atomic E-state index is 0.0197. The van der Waals surface area contributed by atoms with Crippen molar-refractivity contribution in [3.8, 4) is 0 Å². The Kier molecular flexibility index (Phi) is 7.51. The maximum atomic E-state index is 13.5. The molecule has 0 aliphatic carbocycles. The monoisotopic (exact) mass is 408 g/mol. The average Bonchev–Trinajstić information content (AvgIpc) is 2.67. The van der Waals surface area contributed by atoms with Crippen molar-refractivity contribution in [1.29, 1.82) is 0 Å². The van der Waals surface area contributed by atoms with Crippen LogP contribution < -0.4 is 5.32 Å². The fraction of sp³-hybridized carbons (Fsp3) is 0.211. The van der Waals surface area contributed by atoms with Crippen LogP contribution in [0.4, 0.5) is 14.5 Å². The van der Waals surface area contributed by atoms with E-state index in [0.29, 0.717) is 11.3 Å². The fourth-order valence-electron chi connectivity index (χ4n) is 2.06. The van der Waals surface area contributed by atoms with Crippen molar-refractivity contribution in [2.45, 2.75) is 4.90 Å². The number of benzene rings is 2. The number of thioether (sulfide) groups is 1. The van der Waals surface area contributed by atoms with E-state index in [1.807, 2.05) is 0 Å². The zero-order valence-corrected chi connectivity index (χ0v) is 16.0. The first kappa shape index (κ1) is 21.4. The molecule has 0 aliphatic rings. The number of nitrogens with one attached hydrogen (secondary N) is 1. The number of rotatable bonds is 7. The number of carbonyl (C=O) groups is 3. The lowest BCUT2D eigenvalue weighted by Gasteiger charge is -2.11. The van der Waals surface area contributed by atoms with Crippen molar-refractivity contribution >= 4 is 35.2 Å². The summed E-state index contributed by atoms with van der Waals surface area (Å²) in [5, 5.41) is 2.53. The van der Waals surface area contributed by atoms with Crippen LogP contribution in [0.5, 0.6) is 0 Å². The third-order valence-corrected chi connectivity index (χ3v) is 4.43. The summed E-state index contributed by atoms with van der Waals surface area (Å²) in [5.41, 5.74) is 0.906. The summed E-state index contributed by atoms with van der Waals surface area (Å²) in [7, 11) is 3.26. The lowest BCUT2D eigenvalue weighted by atomic mass is 10.2. The summed E-state index contributed by atoms with van der Waals surface area (Å²) < 4.78 is 31.4. The first-order chi connectivity index (χ1) is 13.3. The van der Waals surface area contributed by atoms with E-state index in [1.165, 1.54) is 4.90 Å². The van der Waals surface area contributed by atoms with Gasteiger partial charge in [-0.15, -0.1) is 11.8 Å². The van der Waals surface area contributed by atoms with E-state index in [2.05, 4.69) is 5.32 Å². The molecule has 2 aromatic carbocycles. The summed E-state index contributed by atoms with van der Waals surface area (Å²) in [6.45, 7) is -0.524. The van der Waals surface area contributed by atoms with E-state index in [9.17, 15) is 23.2 Å². The zero-order valence-electron chi connectivity index (χ0n) is 15.2. The minimum atomic E-state index is -0.740. The molecule has 0 spiro atoms. The van der Waals surface area contributed by atoms with Crippen molar-refractivity contribution in [1.82, 2.24) is 4.90 Å². The van der Waals surface area contributed by atoms with E-state index in [4.69, 9.17) is 4.74 Å². The first-order valence-electron chi connectivity index (χ1n) is 8.11. The molecule has 1 N–H and O–H groups in total. The van der Waals surface area contributed by atoms with E-state index in [1.54, 1.807) is 38.4 Å². The molecular formula is C19H18F2N2O4S. The third kappa shape index (κ3) is 6.34. The Balaban J connectivity index is 1.78. The summed E-state index contributed by atoms with van der Waals surface area (Å²) in [5.74, 6) is -3.01. The van der Waals surface area contributed by atoms with Gasteiger partial charge in [0.05, 0.1) is 5.75 Å². The predicted molar refractivity (Wildman–Crippen MR) is 101 cm³/mol. The van der Waals surface area contributed by atoms with Gasteiger partial charge in [-0.05, 0) is 42.5 Å². The van der Waals surface area contributed by atoms with Crippen LogP contribution in [0.3, 0.4) is 0 Å². The van der Waals surface area contributed by atoms with Crippen molar-refractivity contribution in [3.63, 3.8) is 0 Å². The number of hydrogen-bond acceptors (Lipinski definition) is 5. The van der Waals surface area contributed by atoms with Crippen LogP contribution >= 0.6 is 11.8 Å². The molecule has 0 unspecified atom stereocenters. The van der Waals surface area contributed by atoms with E-state index < -0.39 is 30.1 Å². The molecule has 0 bridgehead atoms. The molecule has 0 saturated carbocycles. The summed E-state index contributed by atoms with van der Waals surface area (Å²) >= 11 is 0.774. The Hall–Kier alpha value is -2.94. The van der Waals surface area contributed by atoms with Crippen LogP contribution in [0, 0.1) is 11.6 Å². The first-order valence-corrected chi connectivity index (χ1v) is 9.10. The lowest BCUT2D eigenvalue weighted by molar-refractivity contribution is -0.144. The summed E-state index contributed by atoms with van der Waals surface area (Å²) in [6.07, 6.45) is 0. The SMILES string of the molecule is CN(C)C(=O)c1ccc(NC(=O)COC(=O)CSc2cc(F)ccc2F)cc1. The maximum Gasteiger partial charge on any atom is 0.316 e. The van der Waals surface area contributed by atoms with Gasteiger partial charge in [-0.3, -0.25) is 14.4 Å². The number of halogens is 2. The molecule has 148 valence electrons. The van der Waals surface area contributed by atoms with Gasteiger partial charge in [0.25, 0.3) is 11.8 Å². The molecular weight excluding hydrogens is 390 g/mol. The standard InChI is InChI=1S/C19H18F2N2O4S/c1-23(2)19(26)12-3-6-14(7-4-12)22-17(24)10-27-18(25)11-28-16-9-13(20)5-8-15(16)21/h3-9H,10-11H2,1-2H3,(H,22,24). The Bertz CT molecular complexity index is 873. The Morgan fingerprint density at radius 2 is 1.75 bits per heavy atom. The van der Waals surface area contributed by atoms with Gasteiger partial charge in [0.1, 0.15) is 11.6 Å². The topological polar surface area (TPSA) is 75.7 Å². The second kappa shape index (κ2) is 9.84. The average molecular weight is 408 g/mol. The van der Waals surface area contributed by atoms with Gasteiger partial charge in [0.2, 0.25) is 0 Å². The number of hydrogen-bond donors (Lipinski definition) is 1. The van der Waals surface area contributed by atoms with E-state index in [0.717, 1.165) is 30.0 Å². The molecule has 0 atom stereocenters. The molecule has 2 rings (SSSR count). The van der Waals surface area contributed by atoms with Gasteiger partial charge in [-0.2, -0.15) is 0 Å². The lowest BCUT2D eigenvalue weighted by Crippen LogP contribution is -2.22. The van der Waals surface area contributed by atoms with Gasteiger partial charge in [-0.25, -0.2) is 8.78 Å². The molecule has 0 aromatic heterocycles. The second-order valence-electron chi connectivity index (χ2n) is 5.85. The number of esters is 1. The molecule has 0 fully saturated rings. The molecule has 0 saturated heterocycles. The van der Waals surface area contributed by atoms with Gasteiger partial charge in [0, 0.05) is 30.2 Å². The normalized spacial score (nSPS) is 10.3. The molecule has 0 heterocycles. The van der Waals surface area contributed by atoms with Crippen LogP contribution in [0.1, 0.15) is 10.4 Å². The molecule has 0 radical (unpaired) electrons. The summed E-state index contributed by atoms with van der Waals surface area (Å²) in [6, 6.07) is 9.16. The Labute approximate surface area is 164 Å². The van der Waals surface area contributed by atoms with Gasteiger partial charge < -0.3 is 15.0 Å². The van der Waals surface area contributed by atoms with Crippen LogP contribution in [-0.4, -0.2) is 49.1 Å². The van der Waals surface area contributed by atoms with Gasteiger partial charge in [-0.1, -0.05) is 0 Å². The zero-order chi connectivity index (χ0) is 20.7. The molecule has 2 aromatic rings. The Morgan fingerprint density at radius 3 is 2.39 bits per heavy atom. The van der Waals surface area contributed by atoms with Gasteiger partial charge in [0.15, 0.2) is 6.61 Å². The highest BCUT2D eigenvalue weighted by atomic mass is 32.2. The maximum absolute atomic E-state index is 13.5. The van der Waals surface area contributed by atoms with Crippen molar-refractivity contribution in [2.24, 2.45) is 0 Å². The van der Waals surface area contributed by atoms with Crippen molar-refractivity contribution < 1.29 is 27.9 Å².